The molecule has 0 radical (unpaired) electrons. The lowest BCUT2D eigenvalue weighted by molar-refractivity contribution is 0.176. The molecule has 142 valence electrons. The number of piperazine rings is 1. The summed E-state index contributed by atoms with van der Waals surface area (Å²) >= 11 is 0. The number of benzene rings is 1. The summed E-state index contributed by atoms with van der Waals surface area (Å²) in [7, 11) is -3.60. The number of nitrogens with zero attached hydrogens (tertiary/aromatic N) is 4. The van der Waals surface area contributed by atoms with Crippen molar-refractivity contribution in [3.63, 3.8) is 0 Å². The molecule has 0 unspecified atom stereocenters. The highest BCUT2D eigenvalue weighted by Crippen LogP contribution is 2.21. The maximum atomic E-state index is 13.0. The Kier molecular flexibility index (Phi) is 5.14. The van der Waals surface area contributed by atoms with Crippen molar-refractivity contribution in [3.8, 4) is 0 Å². The average molecular weight is 382 g/mol. The molecular weight excluding hydrogens is 359 g/mol. The van der Waals surface area contributed by atoms with Crippen molar-refractivity contribution in [2.24, 2.45) is 0 Å². The maximum Gasteiger partial charge on any atom is 0.243 e. The molecule has 7 nitrogen and oxygen atoms in total. The Labute approximate surface area is 152 Å². The second-order valence-electron chi connectivity index (χ2n) is 7.40. The van der Waals surface area contributed by atoms with Gasteiger partial charge < -0.3 is 4.52 Å². The number of halogens is 1. The SMILES string of the molecule is CC(C)(C)c1nc(CN2CCN(S(=O)(=O)c3ccc(F)cc3)CC2)no1. The minimum atomic E-state index is -3.60. The molecule has 1 aliphatic heterocycles. The van der Waals surface area contributed by atoms with Crippen molar-refractivity contribution < 1.29 is 17.3 Å². The van der Waals surface area contributed by atoms with Gasteiger partial charge in [0.15, 0.2) is 5.82 Å². The third kappa shape index (κ3) is 4.11. The molecule has 0 bridgehead atoms. The standard InChI is InChI=1S/C17H23FN4O3S/c1-17(2,3)16-19-15(20-25-16)12-21-8-10-22(11-9-21)26(23,24)14-6-4-13(18)5-7-14/h4-7H,8-12H2,1-3H3. The number of hydrogen-bond acceptors (Lipinski definition) is 6. The van der Waals surface area contributed by atoms with Gasteiger partial charge in [-0.1, -0.05) is 25.9 Å². The third-order valence-corrected chi connectivity index (χ3v) is 6.17. The van der Waals surface area contributed by atoms with Crippen LogP contribution in [0.3, 0.4) is 0 Å². The minimum absolute atomic E-state index is 0.111. The summed E-state index contributed by atoms with van der Waals surface area (Å²) in [6.45, 7) is 8.40. The van der Waals surface area contributed by atoms with E-state index in [1.165, 1.54) is 16.4 Å². The van der Waals surface area contributed by atoms with E-state index in [0.29, 0.717) is 44.4 Å². The number of aromatic nitrogens is 2. The van der Waals surface area contributed by atoms with Crippen LogP contribution in [-0.2, 0) is 22.0 Å². The van der Waals surface area contributed by atoms with Crippen LogP contribution in [0.1, 0.15) is 32.5 Å². The topological polar surface area (TPSA) is 79.5 Å². The van der Waals surface area contributed by atoms with Crippen molar-refractivity contribution in [1.29, 1.82) is 0 Å². The van der Waals surface area contributed by atoms with Gasteiger partial charge in [-0.15, -0.1) is 0 Å². The van der Waals surface area contributed by atoms with Gasteiger partial charge in [0.2, 0.25) is 15.9 Å². The number of hydrogen-bond donors (Lipinski definition) is 0. The van der Waals surface area contributed by atoms with Crippen LogP contribution in [0.5, 0.6) is 0 Å². The second-order valence-corrected chi connectivity index (χ2v) is 9.34. The van der Waals surface area contributed by atoms with Gasteiger partial charge in [-0.2, -0.15) is 9.29 Å². The smallest absolute Gasteiger partial charge is 0.243 e. The van der Waals surface area contributed by atoms with Crippen molar-refractivity contribution in [3.05, 3.63) is 41.8 Å². The first-order chi connectivity index (χ1) is 12.2. The molecule has 0 N–H and O–H groups in total. The minimum Gasteiger partial charge on any atom is -0.339 e. The molecule has 0 amide bonds. The highest BCUT2D eigenvalue weighted by atomic mass is 32.2. The second kappa shape index (κ2) is 7.05. The fourth-order valence-corrected chi connectivity index (χ4v) is 4.13. The summed E-state index contributed by atoms with van der Waals surface area (Å²) < 4.78 is 45.0. The van der Waals surface area contributed by atoms with Gasteiger partial charge in [0.25, 0.3) is 0 Å². The summed E-state index contributed by atoms with van der Waals surface area (Å²) in [5.41, 5.74) is -0.201. The summed E-state index contributed by atoms with van der Waals surface area (Å²) in [4.78, 5) is 6.62. The van der Waals surface area contributed by atoms with Gasteiger partial charge in [0.1, 0.15) is 5.82 Å². The lowest BCUT2D eigenvalue weighted by atomic mass is 9.97. The van der Waals surface area contributed by atoms with Gasteiger partial charge in [0.05, 0.1) is 11.4 Å². The summed E-state index contributed by atoms with van der Waals surface area (Å²) in [6, 6.07) is 4.91. The molecule has 1 saturated heterocycles. The van der Waals surface area contributed by atoms with E-state index in [9.17, 15) is 12.8 Å². The van der Waals surface area contributed by atoms with Crippen LogP contribution in [0.15, 0.2) is 33.7 Å². The van der Waals surface area contributed by atoms with Crippen LogP contribution in [0.2, 0.25) is 0 Å². The van der Waals surface area contributed by atoms with E-state index in [0.717, 1.165) is 12.1 Å². The van der Waals surface area contributed by atoms with E-state index < -0.39 is 15.8 Å². The fourth-order valence-electron chi connectivity index (χ4n) is 2.71. The van der Waals surface area contributed by atoms with Crippen LogP contribution in [-0.4, -0.2) is 53.9 Å². The largest absolute Gasteiger partial charge is 0.339 e. The van der Waals surface area contributed by atoms with Crippen LogP contribution >= 0.6 is 0 Å². The first-order valence-corrected chi connectivity index (χ1v) is 9.91. The van der Waals surface area contributed by atoms with Crippen LogP contribution in [0, 0.1) is 5.82 Å². The molecule has 1 fully saturated rings. The Balaban J connectivity index is 1.60. The third-order valence-electron chi connectivity index (χ3n) is 4.26. The van der Waals surface area contributed by atoms with Crippen LogP contribution in [0.4, 0.5) is 4.39 Å². The van der Waals surface area contributed by atoms with Gasteiger partial charge in [-0.05, 0) is 24.3 Å². The Morgan fingerprint density at radius 2 is 1.73 bits per heavy atom. The van der Waals surface area contributed by atoms with E-state index in [2.05, 4.69) is 15.0 Å². The predicted octanol–water partition coefficient (Wildman–Crippen LogP) is 2.01. The molecule has 26 heavy (non-hydrogen) atoms. The molecule has 0 aliphatic carbocycles. The zero-order valence-electron chi connectivity index (χ0n) is 15.1. The molecule has 1 aromatic heterocycles. The Morgan fingerprint density at radius 1 is 1.12 bits per heavy atom. The Bertz CT molecular complexity index is 851. The monoisotopic (exact) mass is 382 g/mol. The normalized spacial score (nSPS) is 17.5. The molecule has 2 heterocycles. The average Bonchev–Trinajstić information content (AvgIpc) is 3.05. The van der Waals surface area contributed by atoms with E-state index in [4.69, 9.17) is 4.52 Å². The Morgan fingerprint density at radius 3 is 2.27 bits per heavy atom. The van der Waals surface area contributed by atoms with Crippen molar-refractivity contribution >= 4 is 10.0 Å². The summed E-state index contributed by atoms with van der Waals surface area (Å²) in [6.07, 6.45) is 0. The molecule has 0 atom stereocenters. The van der Waals surface area contributed by atoms with Gasteiger partial charge in [-0.25, -0.2) is 12.8 Å². The van der Waals surface area contributed by atoms with Crippen LogP contribution < -0.4 is 0 Å². The van der Waals surface area contributed by atoms with Crippen LogP contribution in [0.25, 0.3) is 0 Å². The first-order valence-electron chi connectivity index (χ1n) is 8.47. The quantitative estimate of drug-likeness (QED) is 0.805. The molecule has 0 spiro atoms. The fraction of sp³-hybridized carbons (Fsp3) is 0.529. The van der Waals surface area contributed by atoms with E-state index in [1.54, 1.807) is 0 Å². The van der Waals surface area contributed by atoms with Gasteiger partial charge >= 0.3 is 0 Å². The molecule has 0 saturated carbocycles. The van der Waals surface area contributed by atoms with Crippen molar-refractivity contribution in [2.75, 3.05) is 26.2 Å². The Hall–Kier alpha value is -1.84. The van der Waals surface area contributed by atoms with Gasteiger partial charge in [-0.3, -0.25) is 4.90 Å². The zero-order chi connectivity index (χ0) is 18.9. The predicted molar refractivity (Wildman–Crippen MR) is 93.4 cm³/mol. The molecule has 1 aromatic carbocycles. The van der Waals surface area contributed by atoms with E-state index >= 15 is 0 Å². The summed E-state index contributed by atoms with van der Waals surface area (Å²) in [5, 5.41) is 4.01. The van der Waals surface area contributed by atoms with E-state index in [-0.39, 0.29) is 10.3 Å². The number of rotatable bonds is 4. The number of sulfonamides is 1. The molecule has 2 aromatic rings. The van der Waals surface area contributed by atoms with Gasteiger partial charge in [0, 0.05) is 31.6 Å². The molecule has 1 aliphatic rings. The van der Waals surface area contributed by atoms with Crippen molar-refractivity contribution in [1.82, 2.24) is 19.3 Å². The van der Waals surface area contributed by atoms with Crippen molar-refractivity contribution in [2.45, 2.75) is 37.6 Å². The highest BCUT2D eigenvalue weighted by Gasteiger charge is 2.29. The lowest BCUT2D eigenvalue weighted by Gasteiger charge is -2.33. The maximum absolute atomic E-state index is 13.0. The molecule has 3 rings (SSSR count). The molecular formula is C17H23FN4O3S. The highest BCUT2D eigenvalue weighted by molar-refractivity contribution is 7.89. The lowest BCUT2D eigenvalue weighted by Crippen LogP contribution is -2.48. The zero-order valence-corrected chi connectivity index (χ0v) is 16.0. The van der Waals surface area contributed by atoms with E-state index in [1.807, 2.05) is 20.8 Å². The summed E-state index contributed by atoms with van der Waals surface area (Å²) in [5.74, 6) is 0.735. The first kappa shape index (κ1) is 18.9. The molecule has 9 heteroatoms.